The number of hydrogen-bond acceptors (Lipinski definition) is 3. The van der Waals surface area contributed by atoms with Crippen LogP contribution in [0.25, 0.3) is 10.9 Å². The molecule has 2 aromatic carbocycles. The SMILES string of the molecule is Cc1cc2[nH]ccc2cc1Nc1nc(=O)c(F)cn1Cc1cc(F)c(F)c(F)c1. The highest BCUT2D eigenvalue weighted by atomic mass is 19.2. The third-order valence-electron chi connectivity index (χ3n) is 4.49. The van der Waals surface area contributed by atoms with Gasteiger partial charge in [0.25, 0.3) is 0 Å². The minimum Gasteiger partial charge on any atom is -0.361 e. The van der Waals surface area contributed by atoms with E-state index >= 15 is 0 Å². The number of benzene rings is 2. The molecule has 4 rings (SSSR count). The molecule has 0 spiro atoms. The fourth-order valence-corrected chi connectivity index (χ4v) is 3.05. The van der Waals surface area contributed by atoms with Crippen LogP contribution in [0.3, 0.4) is 0 Å². The van der Waals surface area contributed by atoms with E-state index in [9.17, 15) is 22.4 Å². The largest absolute Gasteiger partial charge is 0.361 e. The van der Waals surface area contributed by atoms with Crippen molar-refractivity contribution < 1.29 is 17.6 Å². The predicted molar refractivity (Wildman–Crippen MR) is 100 cm³/mol. The molecule has 148 valence electrons. The first kappa shape index (κ1) is 18.7. The van der Waals surface area contributed by atoms with Gasteiger partial charge in [-0.3, -0.25) is 4.79 Å². The van der Waals surface area contributed by atoms with E-state index in [1.54, 1.807) is 6.20 Å². The van der Waals surface area contributed by atoms with E-state index < -0.39 is 28.8 Å². The van der Waals surface area contributed by atoms with Crippen molar-refractivity contribution in [3.63, 3.8) is 0 Å². The topological polar surface area (TPSA) is 62.7 Å². The van der Waals surface area contributed by atoms with E-state index in [0.29, 0.717) is 5.69 Å². The highest BCUT2D eigenvalue weighted by Crippen LogP contribution is 2.25. The molecule has 0 aliphatic rings. The number of hydrogen-bond donors (Lipinski definition) is 2. The van der Waals surface area contributed by atoms with Gasteiger partial charge in [0.1, 0.15) is 0 Å². The lowest BCUT2D eigenvalue weighted by molar-refractivity contribution is 0.444. The Bertz CT molecular complexity index is 1270. The fourth-order valence-electron chi connectivity index (χ4n) is 3.05. The third kappa shape index (κ3) is 3.58. The number of nitrogens with zero attached hydrogens (tertiary/aromatic N) is 2. The van der Waals surface area contributed by atoms with Crippen LogP contribution in [-0.2, 0) is 6.54 Å². The molecule has 4 aromatic rings. The molecule has 0 unspecified atom stereocenters. The molecular formula is C20H14F4N4O. The van der Waals surface area contributed by atoms with Gasteiger partial charge in [0.05, 0.1) is 6.54 Å². The van der Waals surface area contributed by atoms with Crippen LogP contribution in [0.2, 0.25) is 0 Å². The number of rotatable bonds is 4. The van der Waals surface area contributed by atoms with Crippen molar-refractivity contribution in [1.82, 2.24) is 14.5 Å². The molecule has 0 aliphatic heterocycles. The maximum absolute atomic E-state index is 13.8. The summed E-state index contributed by atoms with van der Waals surface area (Å²) >= 11 is 0. The van der Waals surface area contributed by atoms with Gasteiger partial charge in [0.15, 0.2) is 17.5 Å². The summed E-state index contributed by atoms with van der Waals surface area (Å²) in [6.45, 7) is 1.59. The van der Waals surface area contributed by atoms with Crippen LogP contribution in [0.1, 0.15) is 11.1 Å². The number of halogens is 4. The second kappa shape index (κ2) is 7.08. The highest BCUT2D eigenvalue weighted by molar-refractivity contribution is 5.85. The summed E-state index contributed by atoms with van der Waals surface area (Å²) in [5.41, 5.74) is 1.30. The molecule has 0 saturated carbocycles. The highest BCUT2D eigenvalue weighted by Gasteiger charge is 2.14. The molecule has 2 aromatic heterocycles. The molecule has 2 heterocycles. The summed E-state index contributed by atoms with van der Waals surface area (Å²) in [5.74, 6) is -5.47. The van der Waals surface area contributed by atoms with Crippen LogP contribution in [0, 0.1) is 30.2 Å². The zero-order valence-corrected chi connectivity index (χ0v) is 15.1. The first-order valence-corrected chi connectivity index (χ1v) is 8.57. The number of aryl methyl sites for hydroxylation is 1. The summed E-state index contributed by atoms with van der Waals surface area (Å²) in [7, 11) is 0. The number of anilines is 2. The van der Waals surface area contributed by atoms with Crippen LogP contribution in [0.15, 0.2) is 47.5 Å². The van der Waals surface area contributed by atoms with Gasteiger partial charge in [-0.2, -0.15) is 9.37 Å². The van der Waals surface area contributed by atoms with Gasteiger partial charge in [-0.05, 0) is 48.4 Å². The van der Waals surface area contributed by atoms with Crippen LogP contribution in [0.4, 0.5) is 29.2 Å². The molecule has 0 bridgehead atoms. The first-order chi connectivity index (χ1) is 13.8. The molecule has 0 aliphatic carbocycles. The Kier molecular flexibility index (Phi) is 4.57. The monoisotopic (exact) mass is 402 g/mol. The summed E-state index contributed by atoms with van der Waals surface area (Å²) in [6, 6.07) is 7.16. The van der Waals surface area contributed by atoms with Crippen LogP contribution in [0.5, 0.6) is 0 Å². The Balaban J connectivity index is 1.76. The summed E-state index contributed by atoms with van der Waals surface area (Å²) in [6.07, 6.45) is 2.65. The number of H-pyrrole nitrogens is 1. The summed E-state index contributed by atoms with van der Waals surface area (Å²) < 4.78 is 55.3. The summed E-state index contributed by atoms with van der Waals surface area (Å²) in [5, 5.41) is 3.86. The van der Waals surface area contributed by atoms with Crippen molar-refractivity contribution >= 4 is 22.5 Å². The fraction of sp³-hybridized carbons (Fsp3) is 0.100. The van der Waals surface area contributed by atoms with E-state index in [1.807, 2.05) is 25.1 Å². The average molecular weight is 402 g/mol. The van der Waals surface area contributed by atoms with Crippen molar-refractivity contribution in [3.8, 4) is 0 Å². The zero-order valence-electron chi connectivity index (χ0n) is 15.1. The van der Waals surface area contributed by atoms with Crippen LogP contribution in [-0.4, -0.2) is 14.5 Å². The lowest BCUT2D eigenvalue weighted by Gasteiger charge is -2.16. The second-order valence-electron chi connectivity index (χ2n) is 6.58. The standard InChI is InChI=1S/C20H14F4N4O/c1-10-4-17-12(2-3-25-17)7-16(10)26-20-27-19(29)15(23)9-28(20)8-11-5-13(21)18(24)14(22)6-11/h2-7,9,25H,8H2,1H3,(H,26,27,29). The molecule has 0 fully saturated rings. The molecular weight excluding hydrogens is 388 g/mol. The van der Waals surface area contributed by atoms with Crippen molar-refractivity contribution in [1.29, 1.82) is 0 Å². The lowest BCUT2D eigenvalue weighted by Crippen LogP contribution is -2.20. The zero-order chi connectivity index (χ0) is 20.7. The van der Waals surface area contributed by atoms with E-state index in [1.165, 1.54) is 4.57 Å². The molecule has 0 atom stereocenters. The van der Waals surface area contributed by atoms with Crippen molar-refractivity contribution in [2.24, 2.45) is 0 Å². The Morgan fingerprint density at radius 1 is 1.07 bits per heavy atom. The molecule has 0 amide bonds. The third-order valence-corrected chi connectivity index (χ3v) is 4.49. The van der Waals surface area contributed by atoms with Gasteiger partial charge in [-0.1, -0.05) is 0 Å². The Morgan fingerprint density at radius 2 is 1.79 bits per heavy atom. The number of fused-ring (bicyclic) bond motifs is 1. The van der Waals surface area contributed by atoms with E-state index in [-0.39, 0.29) is 18.1 Å². The van der Waals surface area contributed by atoms with E-state index in [2.05, 4.69) is 15.3 Å². The lowest BCUT2D eigenvalue weighted by atomic mass is 10.1. The smallest absolute Gasteiger partial charge is 0.310 e. The average Bonchev–Trinajstić information content (AvgIpc) is 3.11. The Hall–Kier alpha value is -3.62. The molecule has 2 N–H and O–H groups in total. The van der Waals surface area contributed by atoms with Crippen molar-refractivity contribution in [2.75, 3.05) is 5.32 Å². The molecule has 0 radical (unpaired) electrons. The number of aromatic amines is 1. The number of aromatic nitrogens is 3. The quantitative estimate of drug-likeness (QED) is 0.393. The maximum atomic E-state index is 13.8. The van der Waals surface area contributed by atoms with Gasteiger partial charge < -0.3 is 14.9 Å². The van der Waals surface area contributed by atoms with Gasteiger partial charge in [-0.25, -0.2) is 13.2 Å². The second-order valence-corrected chi connectivity index (χ2v) is 6.58. The molecule has 0 saturated heterocycles. The molecule has 5 nitrogen and oxygen atoms in total. The van der Waals surface area contributed by atoms with Crippen molar-refractivity contribution in [2.45, 2.75) is 13.5 Å². The van der Waals surface area contributed by atoms with Gasteiger partial charge in [-0.15, -0.1) is 0 Å². The number of nitrogens with one attached hydrogen (secondary N) is 2. The minimum atomic E-state index is -1.59. The Labute approximate surface area is 161 Å². The van der Waals surface area contributed by atoms with E-state index in [4.69, 9.17) is 0 Å². The first-order valence-electron chi connectivity index (χ1n) is 8.57. The predicted octanol–water partition coefficient (Wildman–Crippen LogP) is 4.38. The molecule has 29 heavy (non-hydrogen) atoms. The minimum absolute atomic E-state index is 0.0282. The van der Waals surface area contributed by atoms with E-state index in [0.717, 1.165) is 34.8 Å². The van der Waals surface area contributed by atoms with Crippen LogP contribution >= 0.6 is 0 Å². The van der Waals surface area contributed by atoms with Gasteiger partial charge in [0.2, 0.25) is 11.8 Å². The van der Waals surface area contributed by atoms with Gasteiger partial charge in [0, 0.05) is 29.0 Å². The van der Waals surface area contributed by atoms with Gasteiger partial charge >= 0.3 is 5.56 Å². The Morgan fingerprint density at radius 3 is 2.52 bits per heavy atom. The maximum Gasteiger partial charge on any atom is 0.310 e. The molecule has 9 heteroatoms. The summed E-state index contributed by atoms with van der Waals surface area (Å²) in [4.78, 5) is 18.5. The van der Waals surface area contributed by atoms with Crippen molar-refractivity contribution in [3.05, 3.63) is 87.5 Å². The van der Waals surface area contributed by atoms with Crippen LogP contribution < -0.4 is 10.9 Å². The normalized spacial score (nSPS) is 11.2.